The number of nitrogens with one attached hydrogen (secondary N) is 1. The molecule has 1 aliphatic rings. The Kier molecular flexibility index (Phi) is 4.62. The number of halogens is 1. The molecular weight excluding hydrogens is 315 g/mol. The van der Waals surface area contributed by atoms with Crippen LogP contribution in [0, 0.1) is 5.82 Å². The Morgan fingerprint density at radius 3 is 2.48 bits per heavy atom. The Labute approximate surface area is 139 Å². The van der Waals surface area contributed by atoms with Crippen LogP contribution in [0.4, 0.5) is 4.39 Å². The van der Waals surface area contributed by atoms with Crippen molar-refractivity contribution in [3.05, 3.63) is 59.4 Å². The maximum Gasteiger partial charge on any atom is 0.231 e. The molecule has 0 bridgehead atoms. The molecule has 2 aromatic rings. The van der Waals surface area contributed by atoms with Gasteiger partial charge in [0.1, 0.15) is 5.82 Å². The number of fused-ring (bicyclic) bond motifs is 1. The molecule has 0 aliphatic carbocycles. The third-order valence-electron chi connectivity index (χ3n) is 3.60. The van der Waals surface area contributed by atoms with Crippen LogP contribution < -0.4 is 14.8 Å². The Morgan fingerprint density at radius 1 is 1.09 bits per heavy atom. The fourth-order valence-electron chi connectivity index (χ4n) is 2.43. The van der Waals surface area contributed by atoms with Crippen molar-refractivity contribution in [1.29, 1.82) is 0 Å². The molecule has 3 rings (SSSR count). The van der Waals surface area contributed by atoms with Gasteiger partial charge in [-0.1, -0.05) is 18.2 Å². The molecule has 23 heavy (non-hydrogen) atoms. The lowest BCUT2D eigenvalue weighted by Crippen LogP contribution is -2.36. The predicted octanol–water partition coefficient (Wildman–Crippen LogP) is 3.06. The van der Waals surface area contributed by atoms with E-state index in [0.29, 0.717) is 18.2 Å². The zero-order chi connectivity index (χ0) is 16.2. The van der Waals surface area contributed by atoms with Crippen LogP contribution in [0.15, 0.2) is 42.5 Å². The van der Waals surface area contributed by atoms with Gasteiger partial charge in [-0.05, 0) is 47.6 Å². The summed E-state index contributed by atoms with van der Waals surface area (Å²) in [6.07, 6.45) is 0. The van der Waals surface area contributed by atoms with Crippen LogP contribution in [0.5, 0.6) is 11.5 Å². The third-order valence-corrected chi connectivity index (χ3v) is 4.06. The minimum atomic E-state index is -0.243. The highest BCUT2D eigenvalue weighted by Gasteiger charge is 2.16. The highest BCUT2D eigenvalue weighted by molar-refractivity contribution is 7.80. The molecule has 0 aromatic heterocycles. The smallest absolute Gasteiger partial charge is 0.231 e. The number of hydrogen-bond donors (Lipinski definition) is 1. The van der Waals surface area contributed by atoms with Crippen molar-refractivity contribution in [2.45, 2.75) is 13.1 Å². The molecule has 0 unspecified atom stereocenters. The van der Waals surface area contributed by atoms with Crippen LogP contribution in [0.2, 0.25) is 0 Å². The zero-order valence-electron chi connectivity index (χ0n) is 12.7. The molecule has 0 saturated heterocycles. The zero-order valence-corrected chi connectivity index (χ0v) is 13.5. The monoisotopic (exact) mass is 332 g/mol. The Bertz CT molecular complexity index is 706. The first-order valence-electron chi connectivity index (χ1n) is 7.25. The minimum absolute atomic E-state index is 0.243. The van der Waals surface area contributed by atoms with Gasteiger partial charge in [0.05, 0.1) is 0 Å². The van der Waals surface area contributed by atoms with Gasteiger partial charge in [-0.25, -0.2) is 4.39 Å². The quantitative estimate of drug-likeness (QED) is 0.871. The molecular formula is C17H17FN2O2S. The van der Waals surface area contributed by atoms with Crippen molar-refractivity contribution < 1.29 is 13.9 Å². The average molecular weight is 332 g/mol. The van der Waals surface area contributed by atoms with E-state index in [-0.39, 0.29) is 12.6 Å². The summed E-state index contributed by atoms with van der Waals surface area (Å²) in [5, 5.41) is 3.63. The summed E-state index contributed by atoms with van der Waals surface area (Å²) in [6, 6.07) is 12.3. The predicted molar refractivity (Wildman–Crippen MR) is 89.9 cm³/mol. The molecule has 0 amide bonds. The Balaban J connectivity index is 1.76. The standard InChI is InChI=1S/C17H17FN2O2S/c1-19-17(23)20(9-12-2-5-14(18)6-3-12)10-13-4-7-15-16(8-13)22-11-21-15/h2-8H,9-11H2,1H3,(H,19,23). The molecule has 4 nitrogen and oxygen atoms in total. The molecule has 6 heteroatoms. The van der Waals surface area contributed by atoms with Gasteiger partial charge in [-0.3, -0.25) is 0 Å². The molecule has 0 fully saturated rings. The van der Waals surface area contributed by atoms with Crippen molar-refractivity contribution in [1.82, 2.24) is 10.2 Å². The topological polar surface area (TPSA) is 33.7 Å². The van der Waals surface area contributed by atoms with E-state index in [1.807, 2.05) is 23.1 Å². The molecule has 0 atom stereocenters. The van der Waals surface area contributed by atoms with Gasteiger partial charge in [-0.2, -0.15) is 0 Å². The van der Waals surface area contributed by atoms with Crippen LogP contribution in [0.25, 0.3) is 0 Å². The van der Waals surface area contributed by atoms with Gasteiger partial charge in [0.2, 0.25) is 6.79 Å². The highest BCUT2D eigenvalue weighted by atomic mass is 32.1. The average Bonchev–Trinajstić information content (AvgIpc) is 3.03. The summed E-state index contributed by atoms with van der Waals surface area (Å²) in [7, 11) is 1.79. The van der Waals surface area contributed by atoms with E-state index in [9.17, 15) is 4.39 Å². The SMILES string of the molecule is CNC(=S)N(Cc1ccc(F)cc1)Cc1ccc2c(c1)OCO2. The summed E-state index contributed by atoms with van der Waals surface area (Å²) < 4.78 is 23.8. The summed E-state index contributed by atoms with van der Waals surface area (Å²) in [4.78, 5) is 2.01. The summed E-state index contributed by atoms with van der Waals surface area (Å²) in [5.74, 6) is 1.27. The second-order valence-electron chi connectivity index (χ2n) is 5.23. The maximum absolute atomic E-state index is 13.0. The van der Waals surface area contributed by atoms with E-state index in [4.69, 9.17) is 21.7 Å². The molecule has 120 valence electrons. The fourth-order valence-corrected chi connectivity index (χ4v) is 2.56. The van der Waals surface area contributed by atoms with Crippen molar-refractivity contribution in [2.75, 3.05) is 13.8 Å². The number of rotatable bonds is 4. The van der Waals surface area contributed by atoms with E-state index in [1.54, 1.807) is 19.2 Å². The van der Waals surface area contributed by atoms with Crippen molar-refractivity contribution in [2.24, 2.45) is 0 Å². The molecule has 1 N–H and O–H groups in total. The third kappa shape index (κ3) is 3.71. The maximum atomic E-state index is 13.0. The summed E-state index contributed by atoms with van der Waals surface area (Å²) >= 11 is 5.38. The molecule has 0 saturated carbocycles. The number of benzene rings is 2. The number of ether oxygens (including phenoxy) is 2. The van der Waals surface area contributed by atoms with Crippen LogP contribution in [0.1, 0.15) is 11.1 Å². The molecule has 1 aliphatic heterocycles. The van der Waals surface area contributed by atoms with Crippen LogP contribution in [-0.2, 0) is 13.1 Å². The Morgan fingerprint density at radius 2 is 1.74 bits per heavy atom. The fraction of sp³-hybridized carbons (Fsp3) is 0.235. The first kappa shape index (κ1) is 15.6. The van der Waals surface area contributed by atoms with E-state index in [0.717, 1.165) is 22.6 Å². The van der Waals surface area contributed by atoms with E-state index >= 15 is 0 Å². The summed E-state index contributed by atoms with van der Waals surface area (Å²) in [6.45, 7) is 1.47. The first-order chi connectivity index (χ1) is 11.2. The van der Waals surface area contributed by atoms with Crippen LogP contribution >= 0.6 is 12.2 Å². The van der Waals surface area contributed by atoms with Crippen molar-refractivity contribution in [3.63, 3.8) is 0 Å². The van der Waals surface area contributed by atoms with Gasteiger partial charge >= 0.3 is 0 Å². The molecule has 1 heterocycles. The van der Waals surface area contributed by atoms with Crippen molar-refractivity contribution in [3.8, 4) is 11.5 Å². The minimum Gasteiger partial charge on any atom is -0.454 e. The number of hydrogen-bond acceptors (Lipinski definition) is 3. The second-order valence-corrected chi connectivity index (χ2v) is 5.61. The van der Waals surface area contributed by atoms with Gasteiger partial charge < -0.3 is 19.7 Å². The molecule has 0 radical (unpaired) electrons. The van der Waals surface area contributed by atoms with Crippen molar-refractivity contribution >= 4 is 17.3 Å². The van der Waals surface area contributed by atoms with Crippen LogP contribution in [-0.4, -0.2) is 23.9 Å². The van der Waals surface area contributed by atoms with Gasteiger partial charge in [0.25, 0.3) is 0 Å². The largest absolute Gasteiger partial charge is 0.454 e. The second kappa shape index (κ2) is 6.83. The molecule has 2 aromatic carbocycles. The highest BCUT2D eigenvalue weighted by Crippen LogP contribution is 2.32. The van der Waals surface area contributed by atoms with E-state index < -0.39 is 0 Å². The lowest BCUT2D eigenvalue weighted by molar-refractivity contribution is 0.174. The Hall–Kier alpha value is -2.34. The van der Waals surface area contributed by atoms with Gasteiger partial charge in [0, 0.05) is 20.1 Å². The van der Waals surface area contributed by atoms with E-state index in [1.165, 1.54) is 12.1 Å². The van der Waals surface area contributed by atoms with Crippen LogP contribution in [0.3, 0.4) is 0 Å². The lowest BCUT2D eigenvalue weighted by atomic mass is 10.1. The molecule has 0 spiro atoms. The van der Waals surface area contributed by atoms with Gasteiger partial charge in [-0.15, -0.1) is 0 Å². The van der Waals surface area contributed by atoms with E-state index in [2.05, 4.69) is 5.32 Å². The lowest BCUT2D eigenvalue weighted by Gasteiger charge is -2.25. The number of nitrogens with zero attached hydrogens (tertiary/aromatic N) is 1. The normalized spacial score (nSPS) is 12.1. The number of thiocarbonyl (C=S) groups is 1. The van der Waals surface area contributed by atoms with Gasteiger partial charge in [0.15, 0.2) is 16.6 Å². The first-order valence-corrected chi connectivity index (χ1v) is 7.66. The summed E-state index contributed by atoms with van der Waals surface area (Å²) in [5.41, 5.74) is 2.05.